The molecule has 7 nitrogen and oxygen atoms in total. The summed E-state index contributed by atoms with van der Waals surface area (Å²) in [7, 11) is -2.65. The topological polar surface area (TPSA) is 99.4 Å². The van der Waals surface area contributed by atoms with Crippen LogP contribution < -0.4 is 14.6 Å². The minimum absolute atomic E-state index is 0.00162. The van der Waals surface area contributed by atoms with E-state index in [0.29, 0.717) is 6.54 Å². The Labute approximate surface area is 157 Å². The first-order chi connectivity index (χ1) is 12.8. The highest BCUT2D eigenvalue weighted by Crippen LogP contribution is 2.28. The average Bonchev–Trinajstić information content (AvgIpc) is 2.61. The summed E-state index contributed by atoms with van der Waals surface area (Å²) in [4.78, 5) is 11.3. The van der Waals surface area contributed by atoms with Gasteiger partial charge in [-0.3, -0.25) is 4.79 Å². The van der Waals surface area contributed by atoms with Gasteiger partial charge in [0.2, 0.25) is 12.1 Å². The van der Waals surface area contributed by atoms with E-state index in [1.807, 2.05) is 42.0 Å². The van der Waals surface area contributed by atoms with Crippen molar-refractivity contribution >= 4 is 32.6 Å². The van der Waals surface area contributed by atoms with Crippen LogP contribution in [-0.4, -0.2) is 26.0 Å². The first kappa shape index (κ1) is 18.8. The molecule has 8 heteroatoms. The number of hydrogen-bond donors (Lipinski definition) is 1. The van der Waals surface area contributed by atoms with Gasteiger partial charge in [-0.2, -0.15) is 4.57 Å². The number of carbonyl (C=O) groups excluding carboxylic acids is 1. The molecule has 27 heavy (non-hydrogen) atoms. The number of nitrogens with one attached hydrogen (secondary N) is 1. The van der Waals surface area contributed by atoms with Crippen molar-refractivity contribution in [3.05, 3.63) is 60.3 Å². The fourth-order valence-corrected chi connectivity index (χ4v) is 3.27. The Balaban J connectivity index is 0.000000168. The number of carbonyl (C=O) groups is 1. The SMILES string of the molecule is COc1cc2c3c(ccc[n+]3CC(=O)N2)c1.Cc1ccc(S(=O)(=O)[O-])cc1. The zero-order valence-corrected chi connectivity index (χ0v) is 15.6. The van der Waals surface area contributed by atoms with Crippen molar-refractivity contribution in [1.82, 2.24) is 0 Å². The van der Waals surface area contributed by atoms with E-state index < -0.39 is 10.1 Å². The van der Waals surface area contributed by atoms with Gasteiger partial charge in [-0.05, 0) is 31.2 Å². The molecule has 0 unspecified atom stereocenters. The van der Waals surface area contributed by atoms with Gasteiger partial charge in [-0.25, -0.2) is 8.42 Å². The van der Waals surface area contributed by atoms with E-state index in [1.54, 1.807) is 19.2 Å². The Hall–Kier alpha value is -2.97. The summed E-state index contributed by atoms with van der Waals surface area (Å²) in [5, 5.41) is 3.93. The highest BCUT2D eigenvalue weighted by Gasteiger charge is 2.24. The van der Waals surface area contributed by atoms with Crippen LogP contribution in [0, 0.1) is 6.92 Å². The molecule has 2 heterocycles. The number of benzene rings is 2. The normalized spacial score (nSPS) is 12.8. The number of amides is 1. The molecule has 1 aliphatic rings. The summed E-state index contributed by atoms with van der Waals surface area (Å²) >= 11 is 0. The van der Waals surface area contributed by atoms with E-state index in [2.05, 4.69) is 5.32 Å². The van der Waals surface area contributed by atoms with Crippen LogP contribution in [0.2, 0.25) is 0 Å². The van der Waals surface area contributed by atoms with Crippen molar-refractivity contribution < 1.29 is 27.1 Å². The van der Waals surface area contributed by atoms with Gasteiger partial charge >= 0.3 is 0 Å². The van der Waals surface area contributed by atoms with Crippen LogP contribution >= 0.6 is 0 Å². The molecule has 4 rings (SSSR count). The Morgan fingerprint density at radius 3 is 2.48 bits per heavy atom. The fraction of sp³-hybridized carbons (Fsp3) is 0.158. The maximum atomic E-state index is 11.5. The molecule has 0 aliphatic carbocycles. The molecule has 140 valence electrons. The lowest BCUT2D eigenvalue weighted by Crippen LogP contribution is -2.44. The Bertz CT molecular complexity index is 1110. The first-order valence-electron chi connectivity index (χ1n) is 8.10. The molecule has 3 aromatic rings. The number of aromatic nitrogens is 1. The van der Waals surface area contributed by atoms with Crippen LogP contribution in [0.3, 0.4) is 0 Å². The predicted octanol–water partition coefficient (Wildman–Crippen LogP) is 1.99. The van der Waals surface area contributed by atoms with Crippen LogP contribution in [0.5, 0.6) is 5.75 Å². The summed E-state index contributed by atoms with van der Waals surface area (Å²) in [6.45, 7) is 2.19. The standard InChI is InChI=1S/C12H10N2O2.C7H8O3S/c1-16-9-5-8-3-2-4-14-7-11(15)13-10(6-9)12(8)14;1-6-2-4-7(5-3-6)11(8,9)10/h2-6H,7H2,1H3;2-5H,1H3,(H,8,9,10). The van der Waals surface area contributed by atoms with Gasteiger partial charge < -0.3 is 14.6 Å². The zero-order valence-electron chi connectivity index (χ0n) is 14.8. The third kappa shape index (κ3) is 4.24. The van der Waals surface area contributed by atoms with Crippen molar-refractivity contribution in [2.45, 2.75) is 18.4 Å². The summed E-state index contributed by atoms with van der Waals surface area (Å²) in [6.07, 6.45) is 1.91. The number of hydrogen-bond acceptors (Lipinski definition) is 5. The molecule has 1 aromatic heterocycles. The van der Waals surface area contributed by atoms with Crippen LogP contribution in [0.25, 0.3) is 10.9 Å². The monoisotopic (exact) mass is 386 g/mol. The van der Waals surface area contributed by atoms with Crippen molar-refractivity contribution in [3.8, 4) is 5.75 Å². The van der Waals surface area contributed by atoms with Crippen LogP contribution in [0.4, 0.5) is 5.69 Å². The molecule has 1 aliphatic heterocycles. The number of aryl methyl sites for hydroxylation is 1. The Kier molecular flexibility index (Phi) is 5.11. The third-order valence-electron chi connectivity index (χ3n) is 4.08. The number of anilines is 1. The number of ether oxygens (including phenoxy) is 1. The third-order valence-corrected chi connectivity index (χ3v) is 4.92. The maximum absolute atomic E-state index is 11.5. The van der Waals surface area contributed by atoms with Crippen molar-refractivity contribution in [1.29, 1.82) is 0 Å². The van der Waals surface area contributed by atoms with Crippen molar-refractivity contribution in [3.63, 3.8) is 0 Å². The Morgan fingerprint density at radius 1 is 1.15 bits per heavy atom. The average molecular weight is 386 g/mol. The zero-order chi connectivity index (χ0) is 19.6. The van der Waals surface area contributed by atoms with Crippen molar-refractivity contribution in [2.24, 2.45) is 0 Å². The Morgan fingerprint density at radius 2 is 1.85 bits per heavy atom. The van der Waals surface area contributed by atoms with Crippen LogP contribution in [0.1, 0.15) is 5.56 Å². The van der Waals surface area contributed by atoms with Gasteiger partial charge in [0.25, 0.3) is 5.91 Å². The van der Waals surface area contributed by atoms with Gasteiger partial charge in [0.05, 0.1) is 17.4 Å². The molecule has 0 fully saturated rings. The smallest absolute Gasteiger partial charge is 0.290 e. The van der Waals surface area contributed by atoms with Gasteiger partial charge in [-0.1, -0.05) is 17.7 Å². The van der Waals surface area contributed by atoms with E-state index in [1.165, 1.54) is 12.1 Å². The lowest BCUT2D eigenvalue weighted by atomic mass is 10.1. The van der Waals surface area contributed by atoms with Gasteiger partial charge in [-0.15, -0.1) is 0 Å². The highest BCUT2D eigenvalue weighted by atomic mass is 32.2. The molecular weight excluding hydrogens is 368 g/mol. The number of nitrogens with zero attached hydrogens (tertiary/aromatic N) is 1. The van der Waals surface area contributed by atoms with Crippen molar-refractivity contribution in [2.75, 3.05) is 12.4 Å². The first-order valence-corrected chi connectivity index (χ1v) is 9.51. The molecule has 0 radical (unpaired) electrons. The lowest BCUT2D eigenvalue weighted by molar-refractivity contribution is -0.658. The van der Waals surface area contributed by atoms with E-state index in [0.717, 1.165) is 27.9 Å². The summed E-state index contributed by atoms with van der Waals surface area (Å²) in [5.41, 5.74) is 2.78. The number of rotatable bonds is 2. The molecule has 0 saturated carbocycles. The van der Waals surface area contributed by atoms with Gasteiger partial charge in [0, 0.05) is 12.1 Å². The summed E-state index contributed by atoms with van der Waals surface area (Å²) in [6, 6.07) is 13.5. The second-order valence-corrected chi connectivity index (χ2v) is 7.44. The minimum Gasteiger partial charge on any atom is -0.744 e. The molecule has 1 amide bonds. The second-order valence-electron chi connectivity index (χ2n) is 6.06. The molecular formula is C19H18N2O5S. The summed E-state index contributed by atoms with van der Waals surface area (Å²) in [5.74, 6) is 0.751. The van der Waals surface area contributed by atoms with Crippen LogP contribution in [-0.2, 0) is 21.5 Å². The van der Waals surface area contributed by atoms with E-state index in [-0.39, 0.29) is 10.8 Å². The number of pyridine rings is 1. The molecule has 2 aromatic carbocycles. The van der Waals surface area contributed by atoms with Gasteiger partial charge in [0.15, 0.2) is 6.20 Å². The molecule has 0 spiro atoms. The summed E-state index contributed by atoms with van der Waals surface area (Å²) < 4.78 is 38.3. The second kappa shape index (κ2) is 7.34. The fourth-order valence-electron chi connectivity index (χ4n) is 2.80. The molecule has 0 bridgehead atoms. The highest BCUT2D eigenvalue weighted by molar-refractivity contribution is 7.85. The quantitative estimate of drug-likeness (QED) is 0.536. The lowest BCUT2D eigenvalue weighted by Gasteiger charge is -2.13. The molecule has 1 N–H and O–H groups in total. The van der Waals surface area contributed by atoms with Crippen LogP contribution in [0.15, 0.2) is 59.6 Å². The van der Waals surface area contributed by atoms with E-state index in [9.17, 15) is 17.8 Å². The largest absolute Gasteiger partial charge is 0.744 e. The molecule has 0 saturated heterocycles. The molecule has 0 atom stereocenters. The van der Waals surface area contributed by atoms with Gasteiger partial charge in [0.1, 0.15) is 21.6 Å². The number of methoxy groups -OCH3 is 1. The maximum Gasteiger partial charge on any atom is 0.290 e. The minimum atomic E-state index is -4.27. The van der Waals surface area contributed by atoms with E-state index >= 15 is 0 Å². The predicted molar refractivity (Wildman–Crippen MR) is 98.5 cm³/mol. The van der Waals surface area contributed by atoms with E-state index in [4.69, 9.17) is 4.74 Å².